The first kappa shape index (κ1) is 28.9. The van der Waals surface area contributed by atoms with Crippen molar-refractivity contribution in [2.75, 3.05) is 49.1 Å². The minimum absolute atomic E-state index is 0.00278. The molecule has 0 bridgehead atoms. The van der Waals surface area contributed by atoms with Crippen molar-refractivity contribution in [3.8, 4) is 21.7 Å². The molecule has 43 heavy (non-hydrogen) atoms. The maximum absolute atomic E-state index is 13.6. The molecular formula is C30H30N6O5S2. The third kappa shape index (κ3) is 5.76. The fraction of sp³-hybridized carbons (Fsp3) is 0.267. The maximum Gasteiger partial charge on any atom is 0.348 e. The van der Waals surface area contributed by atoms with Crippen molar-refractivity contribution in [3.05, 3.63) is 77.9 Å². The second-order valence-electron chi connectivity index (χ2n) is 10.4. The van der Waals surface area contributed by atoms with E-state index >= 15 is 0 Å². The van der Waals surface area contributed by atoms with Crippen molar-refractivity contribution in [1.82, 2.24) is 19.6 Å². The Kier molecular flexibility index (Phi) is 7.97. The molecule has 0 aliphatic carbocycles. The summed E-state index contributed by atoms with van der Waals surface area (Å²) in [6.45, 7) is 4.89. The number of carbonyl (C=O) groups excluding carboxylic acids is 1. The van der Waals surface area contributed by atoms with Crippen LogP contribution in [0.5, 0.6) is 0 Å². The largest absolute Gasteiger partial charge is 0.477 e. The molecular weight excluding hydrogens is 589 g/mol. The summed E-state index contributed by atoms with van der Waals surface area (Å²) in [5.74, 6) is -0.754. The number of carboxylic acid groups (broad SMARTS) is 1. The van der Waals surface area contributed by atoms with Crippen LogP contribution in [0, 0.1) is 0 Å². The minimum atomic E-state index is -4.04. The summed E-state index contributed by atoms with van der Waals surface area (Å²) in [5.41, 5.74) is 2.46. The Morgan fingerprint density at radius 1 is 1.00 bits per heavy atom. The van der Waals surface area contributed by atoms with E-state index in [1.165, 1.54) is 17.2 Å². The molecule has 2 N–H and O–H groups in total. The summed E-state index contributed by atoms with van der Waals surface area (Å²) in [6, 6.07) is 17.4. The standard InChI is InChI=1S/C30H30N6O5S2/c1-20-18-35(19-28(37)36(20)25-15-26(42-29(25)30(38)39)21-5-3-2-4-6-21)43(40,41)23-8-9-24(32-17-23)22-7-10-27(33-16-22)34-13-11-31-12-14-34/h2-10,15-17,20,31H,11-14,18-19H2,1H3,(H,38,39). The lowest BCUT2D eigenvalue weighted by Gasteiger charge is -2.38. The van der Waals surface area contributed by atoms with E-state index in [0.717, 1.165) is 58.8 Å². The number of carbonyl (C=O) groups is 2. The van der Waals surface area contributed by atoms with Crippen LogP contribution < -0.4 is 15.1 Å². The van der Waals surface area contributed by atoms with Gasteiger partial charge in [-0.3, -0.25) is 9.78 Å². The zero-order valence-electron chi connectivity index (χ0n) is 23.4. The monoisotopic (exact) mass is 618 g/mol. The van der Waals surface area contributed by atoms with Gasteiger partial charge in [0.25, 0.3) is 0 Å². The van der Waals surface area contributed by atoms with Crippen LogP contribution in [0.3, 0.4) is 0 Å². The second kappa shape index (κ2) is 11.8. The lowest BCUT2D eigenvalue weighted by atomic mass is 10.1. The summed E-state index contributed by atoms with van der Waals surface area (Å²) < 4.78 is 28.2. The highest BCUT2D eigenvalue weighted by Crippen LogP contribution is 2.39. The predicted molar refractivity (Wildman–Crippen MR) is 165 cm³/mol. The topological polar surface area (TPSA) is 136 Å². The molecule has 2 saturated heterocycles. The number of piperazine rings is 2. The molecule has 5 heterocycles. The lowest BCUT2D eigenvalue weighted by molar-refractivity contribution is -0.120. The molecule has 13 heteroatoms. The summed E-state index contributed by atoms with van der Waals surface area (Å²) >= 11 is 1.09. The lowest BCUT2D eigenvalue weighted by Crippen LogP contribution is -2.57. The fourth-order valence-corrected chi connectivity index (χ4v) is 7.81. The van der Waals surface area contributed by atoms with Gasteiger partial charge >= 0.3 is 5.97 Å². The first-order chi connectivity index (χ1) is 20.7. The van der Waals surface area contributed by atoms with Crippen LogP contribution in [0.25, 0.3) is 21.7 Å². The van der Waals surface area contributed by atoms with Crippen LogP contribution in [0.15, 0.2) is 78.0 Å². The van der Waals surface area contributed by atoms with Gasteiger partial charge in [0.1, 0.15) is 15.6 Å². The third-order valence-corrected chi connectivity index (χ3v) is 10.5. The zero-order chi connectivity index (χ0) is 30.1. The van der Waals surface area contributed by atoms with Crippen molar-refractivity contribution in [2.24, 2.45) is 0 Å². The number of aromatic nitrogens is 2. The average Bonchev–Trinajstić information content (AvgIpc) is 3.47. The van der Waals surface area contributed by atoms with Gasteiger partial charge in [-0.25, -0.2) is 18.2 Å². The summed E-state index contributed by atoms with van der Waals surface area (Å²) in [4.78, 5) is 38.8. The van der Waals surface area contributed by atoms with E-state index in [9.17, 15) is 23.1 Å². The number of hydrogen-bond donors (Lipinski definition) is 2. The molecule has 2 fully saturated rings. The number of pyridine rings is 2. The molecule has 0 radical (unpaired) electrons. The van der Waals surface area contributed by atoms with E-state index in [4.69, 9.17) is 0 Å². The highest BCUT2D eigenvalue weighted by Gasteiger charge is 2.39. The molecule has 0 saturated carbocycles. The number of hydrogen-bond acceptors (Lipinski definition) is 9. The minimum Gasteiger partial charge on any atom is -0.477 e. The van der Waals surface area contributed by atoms with E-state index in [2.05, 4.69) is 20.2 Å². The number of nitrogens with one attached hydrogen (secondary N) is 1. The van der Waals surface area contributed by atoms with Crippen LogP contribution >= 0.6 is 11.3 Å². The molecule has 222 valence electrons. The fourth-order valence-electron chi connectivity index (χ4n) is 5.40. The van der Waals surface area contributed by atoms with Gasteiger partial charge < -0.3 is 20.2 Å². The van der Waals surface area contributed by atoms with Crippen LogP contribution in [0.1, 0.15) is 16.6 Å². The molecule has 4 aromatic rings. The van der Waals surface area contributed by atoms with Gasteiger partial charge in [0, 0.05) is 61.6 Å². The van der Waals surface area contributed by atoms with Crippen molar-refractivity contribution in [2.45, 2.75) is 17.9 Å². The highest BCUT2D eigenvalue weighted by atomic mass is 32.2. The Balaban J connectivity index is 1.19. The summed E-state index contributed by atoms with van der Waals surface area (Å²) in [6.07, 6.45) is 3.02. The average molecular weight is 619 g/mol. The van der Waals surface area contributed by atoms with Crippen LogP contribution in [-0.2, 0) is 14.8 Å². The Morgan fingerprint density at radius 3 is 2.40 bits per heavy atom. The number of sulfonamides is 1. The SMILES string of the molecule is CC1CN(S(=O)(=O)c2ccc(-c3ccc(N4CCNCC4)nc3)nc2)CC(=O)N1c1cc(-c2ccccc2)sc1C(=O)O. The van der Waals surface area contributed by atoms with E-state index in [-0.39, 0.29) is 22.0 Å². The van der Waals surface area contributed by atoms with E-state index in [0.29, 0.717) is 10.6 Å². The number of benzene rings is 1. The van der Waals surface area contributed by atoms with E-state index < -0.39 is 34.5 Å². The Bertz CT molecular complexity index is 1740. The number of nitrogens with zero attached hydrogens (tertiary/aromatic N) is 5. The number of carboxylic acids is 1. The van der Waals surface area contributed by atoms with Crippen LogP contribution in [0.4, 0.5) is 11.5 Å². The predicted octanol–water partition coefficient (Wildman–Crippen LogP) is 3.41. The van der Waals surface area contributed by atoms with Crippen molar-refractivity contribution in [3.63, 3.8) is 0 Å². The molecule has 2 aliphatic rings. The normalized spacial score (nSPS) is 18.2. The molecule has 6 rings (SSSR count). The zero-order valence-corrected chi connectivity index (χ0v) is 25.0. The van der Waals surface area contributed by atoms with Gasteiger partial charge in [-0.05, 0) is 42.8 Å². The van der Waals surface area contributed by atoms with E-state index in [1.54, 1.807) is 25.3 Å². The number of amides is 1. The van der Waals surface area contributed by atoms with Gasteiger partial charge in [-0.2, -0.15) is 4.31 Å². The number of aromatic carboxylic acids is 1. The maximum atomic E-state index is 13.6. The van der Waals surface area contributed by atoms with Crippen molar-refractivity contribution in [1.29, 1.82) is 0 Å². The molecule has 3 aromatic heterocycles. The Morgan fingerprint density at radius 2 is 1.77 bits per heavy atom. The molecule has 2 aliphatic heterocycles. The third-order valence-electron chi connectivity index (χ3n) is 7.57. The van der Waals surface area contributed by atoms with Gasteiger partial charge in [0.05, 0.1) is 17.9 Å². The number of rotatable bonds is 7. The molecule has 1 aromatic carbocycles. The Labute approximate surface area is 253 Å². The Hall–Kier alpha value is -4.17. The van der Waals surface area contributed by atoms with Crippen molar-refractivity contribution < 1.29 is 23.1 Å². The van der Waals surface area contributed by atoms with Crippen molar-refractivity contribution >= 4 is 44.7 Å². The molecule has 1 atom stereocenters. The smallest absolute Gasteiger partial charge is 0.348 e. The van der Waals surface area contributed by atoms with Gasteiger partial charge in [-0.1, -0.05) is 30.3 Å². The first-order valence-electron chi connectivity index (χ1n) is 13.9. The molecule has 0 spiro atoms. The molecule has 1 amide bonds. The summed E-state index contributed by atoms with van der Waals surface area (Å²) in [5, 5.41) is 13.2. The van der Waals surface area contributed by atoms with Gasteiger partial charge in [0.2, 0.25) is 15.9 Å². The van der Waals surface area contributed by atoms with Crippen LogP contribution in [0.2, 0.25) is 0 Å². The second-order valence-corrected chi connectivity index (χ2v) is 13.4. The van der Waals surface area contributed by atoms with Gasteiger partial charge in [0.15, 0.2) is 0 Å². The highest BCUT2D eigenvalue weighted by molar-refractivity contribution is 7.89. The van der Waals surface area contributed by atoms with Crippen LogP contribution in [-0.4, -0.2) is 85.0 Å². The quantitative estimate of drug-likeness (QED) is 0.319. The molecule has 11 nitrogen and oxygen atoms in total. The summed E-state index contributed by atoms with van der Waals surface area (Å²) in [7, 11) is -4.04. The van der Waals surface area contributed by atoms with Gasteiger partial charge in [-0.15, -0.1) is 11.3 Å². The molecule has 1 unspecified atom stereocenters. The first-order valence-corrected chi connectivity index (χ1v) is 16.1. The number of thiophene rings is 1. The van der Waals surface area contributed by atoms with E-state index in [1.807, 2.05) is 42.5 Å². The number of anilines is 2.